The molecule has 2 atom stereocenters. The van der Waals surface area contributed by atoms with Crippen molar-refractivity contribution >= 4 is 28.7 Å². The topological polar surface area (TPSA) is 112 Å². The van der Waals surface area contributed by atoms with E-state index in [4.69, 9.17) is 24.1 Å². The number of esters is 3. The number of aliphatic hydroxyl groups excluding tert-OH is 1. The van der Waals surface area contributed by atoms with Crippen LogP contribution in [0, 0.1) is 17.3 Å². The van der Waals surface area contributed by atoms with E-state index in [9.17, 15) is 14.4 Å². The zero-order chi connectivity index (χ0) is 33.8. The molecule has 2 unspecified atom stereocenters. The Kier molecular flexibility index (Phi) is 17.7. The third-order valence-corrected chi connectivity index (χ3v) is 6.92. The van der Waals surface area contributed by atoms with Gasteiger partial charge in [0.05, 0.1) is 19.4 Å². The van der Waals surface area contributed by atoms with E-state index >= 15 is 0 Å². The number of fused-ring (bicyclic) bond motifs is 1. The Bertz CT molecular complexity index is 1310. The summed E-state index contributed by atoms with van der Waals surface area (Å²) in [6.45, 7) is 7.73. The highest BCUT2D eigenvalue weighted by Crippen LogP contribution is 2.21. The smallest absolute Gasteiger partial charge is 0.308 e. The first kappa shape index (κ1) is 38.5. The van der Waals surface area contributed by atoms with Crippen molar-refractivity contribution in [1.29, 1.82) is 0 Å². The van der Waals surface area contributed by atoms with Crippen LogP contribution < -0.4 is 0 Å². The molecule has 2 aromatic rings. The van der Waals surface area contributed by atoms with E-state index in [2.05, 4.69) is 37.0 Å². The number of likely N-dealkylation sites (N-methyl/N-ethyl adjacent to an activating group) is 1. The molecule has 0 heterocycles. The molecule has 9 heteroatoms. The molecule has 0 saturated heterocycles. The molecule has 0 bridgehead atoms. The highest BCUT2D eigenvalue weighted by atomic mass is 16.6. The van der Waals surface area contributed by atoms with E-state index in [1.54, 1.807) is 12.2 Å². The van der Waals surface area contributed by atoms with Gasteiger partial charge < -0.3 is 24.1 Å². The van der Waals surface area contributed by atoms with Crippen LogP contribution >= 0.6 is 0 Å². The SMILES string of the molecule is CCCCCCCC(=O)OCC(COCO)OC(=O)CCC(=O)OC(/C=C/C#CC(C)(C)C)N(C)Cc1cccc2ccccc12. The molecule has 0 radical (unpaired) electrons. The Morgan fingerprint density at radius 2 is 1.59 bits per heavy atom. The second-order valence-corrected chi connectivity index (χ2v) is 12.3. The van der Waals surface area contributed by atoms with Crippen LogP contribution in [0.3, 0.4) is 0 Å². The van der Waals surface area contributed by atoms with Crippen LogP contribution in [0.4, 0.5) is 0 Å². The summed E-state index contributed by atoms with van der Waals surface area (Å²) in [4.78, 5) is 39.5. The fourth-order valence-electron chi connectivity index (χ4n) is 4.53. The first-order chi connectivity index (χ1) is 22.0. The van der Waals surface area contributed by atoms with Gasteiger partial charge in [-0.15, -0.1) is 0 Å². The molecule has 0 fully saturated rings. The highest BCUT2D eigenvalue weighted by molar-refractivity contribution is 5.85. The van der Waals surface area contributed by atoms with Gasteiger partial charge in [0.1, 0.15) is 13.4 Å². The molecule has 0 aliphatic carbocycles. The number of rotatable bonds is 20. The second kappa shape index (κ2) is 21.2. The van der Waals surface area contributed by atoms with E-state index in [-0.39, 0.29) is 43.9 Å². The molecular formula is C37H51NO8. The predicted molar refractivity (Wildman–Crippen MR) is 178 cm³/mol. The molecule has 0 aliphatic heterocycles. The minimum Gasteiger partial charge on any atom is -0.462 e. The standard InChI is InChI=1S/C37H51NO8/c1-6-7-8-9-10-21-34(40)44-27-31(26-43-28-39)45-35(41)22-23-36(42)46-33(20-13-14-24-37(2,3)4)38(5)25-30-18-15-17-29-16-11-12-19-32(29)30/h11-13,15-20,31,33,39H,6-10,21-23,25-28H2,1-5H3/b20-13+. The van der Waals surface area contributed by atoms with Gasteiger partial charge in [0.2, 0.25) is 0 Å². The molecule has 2 aromatic carbocycles. The lowest BCUT2D eigenvalue weighted by Crippen LogP contribution is -2.34. The molecular weight excluding hydrogens is 586 g/mol. The summed E-state index contributed by atoms with van der Waals surface area (Å²) in [5.74, 6) is 4.51. The Labute approximate surface area is 274 Å². The highest BCUT2D eigenvalue weighted by Gasteiger charge is 2.21. The molecule has 1 N–H and O–H groups in total. The summed E-state index contributed by atoms with van der Waals surface area (Å²) in [7, 11) is 1.85. The molecule has 9 nitrogen and oxygen atoms in total. The van der Waals surface area contributed by atoms with Crippen LogP contribution in [-0.4, -0.2) is 67.3 Å². The molecule has 2 rings (SSSR count). The number of unbranched alkanes of at least 4 members (excludes halogenated alkanes) is 4. The average Bonchev–Trinajstić information content (AvgIpc) is 3.02. The van der Waals surface area contributed by atoms with Gasteiger partial charge in [-0.05, 0) is 62.7 Å². The molecule has 0 saturated carbocycles. The van der Waals surface area contributed by atoms with E-state index in [0.717, 1.165) is 48.4 Å². The fraction of sp³-hybridized carbons (Fsp3) is 0.541. The van der Waals surface area contributed by atoms with Gasteiger partial charge in [-0.1, -0.05) is 86.9 Å². The van der Waals surface area contributed by atoms with Gasteiger partial charge in [0.15, 0.2) is 12.3 Å². The minimum atomic E-state index is -0.913. The van der Waals surface area contributed by atoms with Crippen molar-refractivity contribution in [3.05, 3.63) is 60.2 Å². The van der Waals surface area contributed by atoms with Gasteiger partial charge in [0.25, 0.3) is 0 Å². The number of hydrogen-bond donors (Lipinski definition) is 1. The number of benzene rings is 2. The molecule has 0 spiro atoms. The summed E-state index contributed by atoms with van der Waals surface area (Å²) < 4.78 is 21.4. The Morgan fingerprint density at radius 3 is 2.30 bits per heavy atom. The van der Waals surface area contributed by atoms with Gasteiger partial charge >= 0.3 is 17.9 Å². The fourth-order valence-corrected chi connectivity index (χ4v) is 4.53. The van der Waals surface area contributed by atoms with Crippen LogP contribution in [0.1, 0.15) is 84.6 Å². The lowest BCUT2D eigenvalue weighted by atomic mass is 9.98. The molecule has 0 amide bonds. The lowest BCUT2D eigenvalue weighted by Gasteiger charge is -2.26. The summed E-state index contributed by atoms with van der Waals surface area (Å²) in [5.41, 5.74) is 0.894. The summed E-state index contributed by atoms with van der Waals surface area (Å²) in [6.07, 6.45) is 6.57. The maximum absolute atomic E-state index is 12.9. The van der Waals surface area contributed by atoms with Crippen molar-refractivity contribution < 1.29 is 38.4 Å². The monoisotopic (exact) mass is 637 g/mol. The van der Waals surface area contributed by atoms with Crippen LogP contribution in [0.15, 0.2) is 54.6 Å². The number of carbonyl (C=O) groups excluding carboxylic acids is 3. The van der Waals surface area contributed by atoms with Gasteiger partial charge in [-0.3, -0.25) is 19.3 Å². The lowest BCUT2D eigenvalue weighted by molar-refractivity contribution is -0.167. The van der Waals surface area contributed by atoms with Crippen molar-refractivity contribution in [2.75, 3.05) is 27.1 Å². The maximum atomic E-state index is 12.9. The summed E-state index contributed by atoms with van der Waals surface area (Å²) >= 11 is 0. The van der Waals surface area contributed by atoms with Crippen LogP contribution in [0.25, 0.3) is 10.8 Å². The van der Waals surface area contributed by atoms with E-state index in [1.165, 1.54) is 0 Å². The predicted octanol–water partition coefficient (Wildman–Crippen LogP) is 6.31. The van der Waals surface area contributed by atoms with Crippen molar-refractivity contribution in [3.8, 4) is 11.8 Å². The zero-order valence-corrected chi connectivity index (χ0v) is 28.1. The molecule has 46 heavy (non-hydrogen) atoms. The first-order valence-corrected chi connectivity index (χ1v) is 16.1. The number of ether oxygens (including phenoxy) is 4. The molecule has 252 valence electrons. The number of allylic oxidation sites excluding steroid dienone is 1. The number of hydrogen-bond acceptors (Lipinski definition) is 9. The number of aliphatic hydroxyl groups is 1. The summed E-state index contributed by atoms with van der Waals surface area (Å²) in [5, 5.41) is 11.3. The molecule has 0 aliphatic rings. The Morgan fingerprint density at radius 1 is 0.891 bits per heavy atom. The van der Waals surface area contributed by atoms with Crippen molar-refractivity contribution in [3.63, 3.8) is 0 Å². The molecule has 0 aromatic heterocycles. The third-order valence-electron chi connectivity index (χ3n) is 6.92. The van der Waals surface area contributed by atoms with Crippen LogP contribution in [0.5, 0.6) is 0 Å². The quantitative estimate of drug-likeness (QED) is 0.0587. The maximum Gasteiger partial charge on any atom is 0.308 e. The number of nitrogens with zero attached hydrogens (tertiary/aromatic N) is 1. The number of carbonyl (C=O) groups is 3. The van der Waals surface area contributed by atoms with E-state index in [1.807, 2.05) is 57.0 Å². The van der Waals surface area contributed by atoms with Crippen LogP contribution in [-0.2, 0) is 39.9 Å². The average molecular weight is 638 g/mol. The second-order valence-electron chi connectivity index (χ2n) is 12.3. The minimum absolute atomic E-state index is 0.155. The first-order valence-electron chi connectivity index (χ1n) is 16.1. The van der Waals surface area contributed by atoms with E-state index in [0.29, 0.717) is 6.54 Å². The largest absolute Gasteiger partial charge is 0.462 e. The van der Waals surface area contributed by atoms with Crippen LogP contribution in [0.2, 0.25) is 0 Å². The van der Waals surface area contributed by atoms with Gasteiger partial charge in [0, 0.05) is 18.4 Å². The van der Waals surface area contributed by atoms with Crippen molar-refractivity contribution in [2.45, 2.75) is 97.9 Å². The zero-order valence-electron chi connectivity index (χ0n) is 28.1. The Hall–Kier alpha value is -3.71. The third kappa shape index (κ3) is 16.0. The van der Waals surface area contributed by atoms with Crippen molar-refractivity contribution in [2.24, 2.45) is 5.41 Å². The van der Waals surface area contributed by atoms with Crippen molar-refractivity contribution in [1.82, 2.24) is 4.90 Å². The van der Waals surface area contributed by atoms with E-state index < -0.39 is 31.1 Å². The summed E-state index contributed by atoms with van der Waals surface area (Å²) in [6, 6.07) is 14.2. The van der Waals surface area contributed by atoms with Gasteiger partial charge in [-0.25, -0.2) is 0 Å². The Balaban J connectivity index is 1.97. The normalized spacial score (nSPS) is 12.8. The van der Waals surface area contributed by atoms with Gasteiger partial charge in [-0.2, -0.15) is 0 Å².